The first-order valence-corrected chi connectivity index (χ1v) is 10.0. The number of amides is 3. The third kappa shape index (κ3) is 3.03. The van der Waals surface area contributed by atoms with Gasteiger partial charge in [-0.05, 0) is 42.9 Å². The van der Waals surface area contributed by atoms with Crippen LogP contribution in [0.1, 0.15) is 66.2 Å². The molecule has 5 nitrogen and oxygen atoms in total. The van der Waals surface area contributed by atoms with Gasteiger partial charge in [-0.15, -0.1) is 0 Å². The Balaban J connectivity index is 0.00000105. The molecule has 6 atom stereocenters. The van der Waals surface area contributed by atoms with Crippen molar-refractivity contribution in [3.05, 3.63) is 12.2 Å². The third-order valence-corrected chi connectivity index (χ3v) is 7.36. The van der Waals surface area contributed by atoms with Gasteiger partial charge in [-0.3, -0.25) is 19.8 Å². The van der Waals surface area contributed by atoms with E-state index in [-0.39, 0.29) is 62.2 Å². The van der Waals surface area contributed by atoms with Gasteiger partial charge >= 0.3 is 0 Å². The Bertz CT molecular complexity index is 614. The summed E-state index contributed by atoms with van der Waals surface area (Å²) in [5, 5.41) is 1.09. The number of hydrogen-bond acceptors (Lipinski definition) is 3. The summed E-state index contributed by atoms with van der Waals surface area (Å²) >= 11 is 0. The van der Waals surface area contributed by atoms with Crippen LogP contribution in [0, 0.1) is 41.4 Å². The van der Waals surface area contributed by atoms with E-state index in [0.717, 1.165) is 37.1 Å². The Morgan fingerprint density at radius 2 is 1.33 bits per heavy atom. The molecule has 0 radical (unpaired) electrons. The SMILES string of the molecule is C.C.O=C(NN1C(=O)C2C3C=CC(C4CC34)C2C1=O)C1CCCCCCC1. The van der Waals surface area contributed by atoms with Gasteiger partial charge in [0.05, 0.1) is 11.8 Å². The van der Waals surface area contributed by atoms with Gasteiger partial charge in [-0.1, -0.05) is 59.1 Å². The largest absolute Gasteiger partial charge is 0.273 e. The summed E-state index contributed by atoms with van der Waals surface area (Å²) < 4.78 is 0. The summed E-state index contributed by atoms with van der Waals surface area (Å²) in [6.45, 7) is 0. The van der Waals surface area contributed by atoms with E-state index in [9.17, 15) is 14.4 Å². The summed E-state index contributed by atoms with van der Waals surface area (Å²) in [5.74, 6) is 0.605. The molecule has 5 heteroatoms. The Labute approximate surface area is 162 Å². The number of rotatable bonds is 2. The fourth-order valence-corrected chi connectivity index (χ4v) is 5.99. The lowest BCUT2D eigenvalue weighted by Gasteiger charge is -2.37. The third-order valence-electron chi connectivity index (χ3n) is 7.36. The molecule has 27 heavy (non-hydrogen) atoms. The second-order valence-corrected chi connectivity index (χ2v) is 8.68. The molecule has 0 spiro atoms. The fourth-order valence-electron chi connectivity index (χ4n) is 5.99. The lowest BCUT2D eigenvalue weighted by atomic mass is 9.63. The molecule has 6 unspecified atom stereocenters. The lowest BCUT2D eigenvalue weighted by Crippen LogP contribution is -2.49. The Hall–Kier alpha value is -1.65. The van der Waals surface area contributed by atoms with Crippen molar-refractivity contribution in [2.45, 2.75) is 66.2 Å². The highest BCUT2D eigenvalue weighted by Gasteiger charge is 2.67. The molecule has 4 fully saturated rings. The monoisotopic (exact) mass is 374 g/mol. The molecule has 1 heterocycles. The van der Waals surface area contributed by atoms with Crippen LogP contribution in [-0.2, 0) is 14.4 Å². The highest BCUT2D eigenvalue weighted by Crippen LogP contribution is 2.65. The van der Waals surface area contributed by atoms with Crippen molar-refractivity contribution in [1.29, 1.82) is 0 Å². The first-order valence-electron chi connectivity index (χ1n) is 10.0. The van der Waals surface area contributed by atoms with Crippen LogP contribution in [0.3, 0.4) is 0 Å². The van der Waals surface area contributed by atoms with Crippen LogP contribution in [0.5, 0.6) is 0 Å². The molecular weight excluding hydrogens is 340 g/mol. The maximum absolute atomic E-state index is 12.9. The van der Waals surface area contributed by atoms with E-state index in [2.05, 4.69) is 17.6 Å². The van der Waals surface area contributed by atoms with Crippen molar-refractivity contribution in [1.82, 2.24) is 10.4 Å². The van der Waals surface area contributed by atoms with E-state index in [1.165, 1.54) is 19.3 Å². The molecule has 3 saturated carbocycles. The minimum atomic E-state index is -0.233. The van der Waals surface area contributed by atoms with Gasteiger partial charge in [0.25, 0.3) is 11.8 Å². The van der Waals surface area contributed by atoms with E-state index < -0.39 is 0 Å². The predicted octanol–water partition coefficient (Wildman–Crippen LogP) is 3.70. The van der Waals surface area contributed by atoms with Crippen molar-refractivity contribution >= 4 is 17.7 Å². The van der Waals surface area contributed by atoms with Gasteiger partial charge in [-0.2, -0.15) is 5.01 Å². The van der Waals surface area contributed by atoms with Gasteiger partial charge in [0.15, 0.2) is 0 Å². The fraction of sp³-hybridized carbons (Fsp3) is 0.773. The van der Waals surface area contributed by atoms with Gasteiger partial charge in [0.1, 0.15) is 0 Å². The van der Waals surface area contributed by atoms with Crippen molar-refractivity contribution in [2.75, 3.05) is 0 Å². The molecular formula is C22H34N2O3. The maximum atomic E-state index is 12.9. The van der Waals surface area contributed by atoms with E-state index >= 15 is 0 Å². The summed E-state index contributed by atoms with van der Waals surface area (Å²) in [6.07, 6.45) is 12.9. The number of carbonyl (C=O) groups is 3. The Kier molecular flexibility index (Phi) is 5.51. The van der Waals surface area contributed by atoms with Crippen molar-refractivity contribution in [3.63, 3.8) is 0 Å². The average Bonchev–Trinajstić information content (AvgIpc) is 3.35. The zero-order valence-electron chi connectivity index (χ0n) is 14.5. The molecule has 1 saturated heterocycles. The molecule has 6 rings (SSSR count). The minimum Gasteiger partial charge on any atom is -0.273 e. The molecule has 0 aromatic heterocycles. The van der Waals surface area contributed by atoms with Crippen LogP contribution in [0.4, 0.5) is 0 Å². The molecule has 0 aromatic rings. The van der Waals surface area contributed by atoms with Crippen molar-refractivity contribution < 1.29 is 14.4 Å². The highest BCUT2D eigenvalue weighted by atomic mass is 16.2. The summed E-state index contributed by atoms with van der Waals surface area (Å²) in [7, 11) is 0. The molecule has 0 aromatic carbocycles. The van der Waals surface area contributed by atoms with Crippen LogP contribution in [0.25, 0.3) is 0 Å². The molecule has 1 N–H and O–H groups in total. The second kappa shape index (κ2) is 7.40. The van der Waals surface area contributed by atoms with Gasteiger partial charge < -0.3 is 0 Å². The Morgan fingerprint density at radius 3 is 1.85 bits per heavy atom. The number of allylic oxidation sites excluding steroid dienone is 2. The lowest BCUT2D eigenvalue weighted by molar-refractivity contribution is -0.150. The quantitative estimate of drug-likeness (QED) is 0.592. The van der Waals surface area contributed by atoms with Crippen LogP contribution in [0.2, 0.25) is 0 Å². The van der Waals surface area contributed by atoms with Gasteiger partial charge in [0.2, 0.25) is 5.91 Å². The van der Waals surface area contributed by atoms with Crippen LogP contribution >= 0.6 is 0 Å². The smallest absolute Gasteiger partial charge is 0.252 e. The number of nitrogens with zero attached hydrogens (tertiary/aromatic N) is 1. The van der Waals surface area contributed by atoms with E-state index in [0.29, 0.717) is 11.8 Å². The predicted molar refractivity (Wildman–Crippen MR) is 104 cm³/mol. The first kappa shape index (κ1) is 20.1. The van der Waals surface area contributed by atoms with E-state index in [1.807, 2.05) is 0 Å². The number of carbonyl (C=O) groups excluding carboxylic acids is 3. The number of imide groups is 1. The van der Waals surface area contributed by atoms with Gasteiger partial charge in [0, 0.05) is 5.92 Å². The van der Waals surface area contributed by atoms with E-state index in [1.54, 1.807) is 0 Å². The van der Waals surface area contributed by atoms with Crippen LogP contribution in [0.15, 0.2) is 12.2 Å². The van der Waals surface area contributed by atoms with Gasteiger partial charge in [-0.25, -0.2) is 0 Å². The second-order valence-electron chi connectivity index (χ2n) is 8.68. The molecule has 2 bridgehead atoms. The minimum absolute atomic E-state index is 0. The molecule has 5 aliphatic carbocycles. The van der Waals surface area contributed by atoms with Crippen molar-refractivity contribution in [2.24, 2.45) is 41.4 Å². The normalized spacial score (nSPS) is 39.5. The summed E-state index contributed by atoms with van der Waals surface area (Å²) in [6, 6.07) is 0. The Morgan fingerprint density at radius 1 is 0.852 bits per heavy atom. The molecule has 3 amide bonds. The molecule has 150 valence electrons. The molecule has 1 aliphatic heterocycles. The molecule has 6 aliphatic rings. The average molecular weight is 375 g/mol. The standard InChI is InChI=1S/C20H26N2O3.2CH4/c23-18(11-6-4-2-1-3-5-7-11)21-22-19(24)16-12-8-9-13(15-10-14(12)15)17(16)20(22)25;;/h8-9,11-17H,1-7,10H2,(H,21,23);2*1H4. The zero-order valence-corrected chi connectivity index (χ0v) is 14.5. The van der Waals surface area contributed by atoms with Crippen LogP contribution < -0.4 is 5.43 Å². The maximum Gasteiger partial charge on any atom is 0.252 e. The first-order chi connectivity index (χ1) is 12.2. The topological polar surface area (TPSA) is 66.5 Å². The number of nitrogens with one attached hydrogen (secondary N) is 1. The van der Waals surface area contributed by atoms with E-state index in [4.69, 9.17) is 0 Å². The van der Waals surface area contributed by atoms with Crippen LogP contribution in [-0.4, -0.2) is 22.7 Å². The highest BCUT2D eigenvalue weighted by molar-refractivity contribution is 6.07. The zero-order chi connectivity index (χ0) is 17.1. The van der Waals surface area contributed by atoms with Crippen molar-refractivity contribution in [3.8, 4) is 0 Å². The summed E-state index contributed by atoms with van der Waals surface area (Å²) in [5.41, 5.74) is 2.72. The summed E-state index contributed by atoms with van der Waals surface area (Å²) in [4.78, 5) is 38.5. The number of hydrazine groups is 1. The number of hydrogen-bond donors (Lipinski definition) is 1.